The van der Waals surface area contributed by atoms with Crippen molar-refractivity contribution in [3.05, 3.63) is 29.6 Å². The third-order valence-electron chi connectivity index (χ3n) is 4.58. The minimum Gasteiger partial charge on any atom is -0.496 e. The van der Waals surface area contributed by atoms with Crippen LogP contribution in [0.15, 0.2) is 18.2 Å². The van der Waals surface area contributed by atoms with Crippen LogP contribution in [0.3, 0.4) is 0 Å². The van der Waals surface area contributed by atoms with E-state index < -0.39 is 11.4 Å². The minimum absolute atomic E-state index is 0.281. The number of rotatable bonds is 5. The van der Waals surface area contributed by atoms with Gasteiger partial charge >= 0.3 is 5.97 Å². The maximum absolute atomic E-state index is 13.4. The second-order valence-corrected chi connectivity index (χ2v) is 5.67. The lowest BCUT2D eigenvalue weighted by Crippen LogP contribution is -2.43. The first-order valence-corrected chi connectivity index (χ1v) is 7.29. The highest BCUT2D eigenvalue weighted by molar-refractivity contribution is 5.74. The number of aliphatic carboxylic acids is 1. The first-order chi connectivity index (χ1) is 10.0. The number of carboxylic acids is 1. The maximum Gasteiger partial charge on any atom is 0.309 e. The van der Waals surface area contributed by atoms with E-state index in [0.717, 1.165) is 5.56 Å². The summed E-state index contributed by atoms with van der Waals surface area (Å²) < 4.78 is 18.6. The van der Waals surface area contributed by atoms with Gasteiger partial charge in [0.15, 0.2) is 0 Å². The summed E-state index contributed by atoms with van der Waals surface area (Å²) in [4.78, 5) is 13.6. The summed E-state index contributed by atoms with van der Waals surface area (Å²) in [6.07, 6.45) is 1.92. The molecule has 1 aromatic carbocycles. The third kappa shape index (κ3) is 3.35. The molecule has 5 heteroatoms. The SMILES string of the molecule is CCC1(C(=O)O)CCN(Cc2cc(F)ccc2OC)CC1. The van der Waals surface area contributed by atoms with E-state index in [1.807, 2.05) is 6.92 Å². The minimum atomic E-state index is -0.701. The molecule has 1 saturated heterocycles. The molecule has 0 atom stereocenters. The third-order valence-corrected chi connectivity index (χ3v) is 4.58. The van der Waals surface area contributed by atoms with Crippen LogP contribution in [0.5, 0.6) is 5.75 Å². The molecule has 1 aliphatic heterocycles. The summed E-state index contributed by atoms with van der Waals surface area (Å²) in [6.45, 7) is 3.93. The van der Waals surface area contributed by atoms with Gasteiger partial charge in [-0.15, -0.1) is 0 Å². The smallest absolute Gasteiger partial charge is 0.309 e. The van der Waals surface area contributed by atoms with E-state index >= 15 is 0 Å². The Balaban J connectivity index is 2.04. The highest BCUT2D eigenvalue weighted by Gasteiger charge is 2.39. The Hall–Kier alpha value is -1.62. The van der Waals surface area contributed by atoms with Crippen molar-refractivity contribution in [2.24, 2.45) is 5.41 Å². The van der Waals surface area contributed by atoms with Crippen LogP contribution in [0, 0.1) is 11.2 Å². The number of halogens is 1. The van der Waals surface area contributed by atoms with E-state index in [9.17, 15) is 14.3 Å². The average Bonchev–Trinajstić information content (AvgIpc) is 2.48. The summed E-state index contributed by atoms with van der Waals surface area (Å²) >= 11 is 0. The van der Waals surface area contributed by atoms with E-state index in [1.165, 1.54) is 12.1 Å². The van der Waals surface area contributed by atoms with Crippen LogP contribution >= 0.6 is 0 Å². The number of hydrogen-bond acceptors (Lipinski definition) is 3. The molecule has 1 aliphatic rings. The number of methoxy groups -OCH3 is 1. The summed E-state index contributed by atoms with van der Waals surface area (Å²) in [5.74, 6) is -0.314. The standard InChI is InChI=1S/C16H22FNO3/c1-3-16(15(19)20)6-8-18(9-7-16)11-12-10-13(17)4-5-14(12)21-2/h4-5,10H,3,6-9,11H2,1-2H3,(H,19,20). The molecule has 2 rings (SSSR count). The highest BCUT2D eigenvalue weighted by Crippen LogP contribution is 2.36. The summed E-state index contributed by atoms with van der Waals surface area (Å²) in [5.41, 5.74) is 0.208. The van der Waals surface area contributed by atoms with Crippen molar-refractivity contribution in [2.75, 3.05) is 20.2 Å². The van der Waals surface area contributed by atoms with Gasteiger partial charge in [0.2, 0.25) is 0 Å². The van der Waals surface area contributed by atoms with Gasteiger partial charge in [0, 0.05) is 12.1 Å². The van der Waals surface area contributed by atoms with Crippen molar-refractivity contribution in [2.45, 2.75) is 32.7 Å². The average molecular weight is 295 g/mol. The van der Waals surface area contributed by atoms with E-state index in [4.69, 9.17) is 4.74 Å². The molecule has 1 N–H and O–H groups in total. The molecular formula is C16H22FNO3. The maximum atomic E-state index is 13.4. The molecule has 0 aromatic heterocycles. The zero-order chi connectivity index (χ0) is 15.5. The van der Waals surface area contributed by atoms with Gasteiger partial charge in [-0.05, 0) is 50.6 Å². The zero-order valence-electron chi connectivity index (χ0n) is 12.6. The number of likely N-dealkylation sites (tertiary alicyclic amines) is 1. The fourth-order valence-corrected chi connectivity index (χ4v) is 2.97. The van der Waals surface area contributed by atoms with Crippen molar-refractivity contribution >= 4 is 5.97 Å². The van der Waals surface area contributed by atoms with Crippen molar-refractivity contribution in [1.29, 1.82) is 0 Å². The second kappa shape index (κ2) is 6.43. The molecule has 1 aromatic rings. The first kappa shape index (κ1) is 15.8. The Morgan fingerprint density at radius 2 is 2.10 bits per heavy atom. The van der Waals surface area contributed by atoms with Gasteiger partial charge in [0.05, 0.1) is 12.5 Å². The summed E-state index contributed by atoms with van der Waals surface area (Å²) in [5, 5.41) is 9.40. The van der Waals surface area contributed by atoms with Gasteiger partial charge in [-0.1, -0.05) is 6.92 Å². The monoisotopic (exact) mass is 295 g/mol. The van der Waals surface area contributed by atoms with Crippen molar-refractivity contribution in [3.8, 4) is 5.75 Å². The fourth-order valence-electron chi connectivity index (χ4n) is 2.97. The predicted molar refractivity (Wildman–Crippen MR) is 77.8 cm³/mol. The molecule has 116 valence electrons. The topological polar surface area (TPSA) is 49.8 Å². The number of carboxylic acid groups (broad SMARTS) is 1. The van der Waals surface area contributed by atoms with Gasteiger partial charge in [0.25, 0.3) is 0 Å². The molecule has 1 heterocycles. The fraction of sp³-hybridized carbons (Fsp3) is 0.562. The van der Waals surface area contributed by atoms with Crippen LogP contribution in [-0.4, -0.2) is 36.2 Å². The number of benzene rings is 1. The lowest BCUT2D eigenvalue weighted by atomic mass is 9.76. The van der Waals surface area contributed by atoms with E-state index in [0.29, 0.717) is 44.6 Å². The van der Waals surface area contributed by atoms with Gasteiger partial charge in [0.1, 0.15) is 11.6 Å². The van der Waals surface area contributed by atoms with Gasteiger partial charge in [-0.2, -0.15) is 0 Å². The van der Waals surface area contributed by atoms with Crippen LogP contribution in [0.25, 0.3) is 0 Å². The second-order valence-electron chi connectivity index (χ2n) is 5.67. The molecule has 0 aliphatic carbocycles. The first-order valence-electron chi connectivity index (χ1n) is 7.29. The van der Waals surface area contributed by atoms with Crippen LogP contribution in [0.2, 0.25) is 0 Å². The van der Waals surface area contributed by atoms with Crippen LogP contribution in [0.4, 0.5) is 4.39 Å². The van der Waals surface area contributed by atoms with E-state index in [-0.39, 0.29) is 5.82 Å². The molecule has 0 unspecified atom stereocenters. The van der Waals surface area contributed by atoms with Crippen LogP contribution in [-0.2, 0) is 11.3 Å². The van der Waals surface area contributed by atoms with Crippen molar-refractivity contribution < 1.29 is 19.0 Å². The Labute approximate surface area is 124 Å². The molecule has 0 spiro atoms. The quantitative estimate of drug-likeness (QED) is 0.907. The number of nitrogens with zero attached hydrogens (tertiary/aromatic N) is 1. The molecule has 21 heavy (non-hydrogen) atoms. The molecule has 0 bridgehead atoms. The Kier molecular flexibility index (Phi) is 4.83. The predicted octanol–water partition coefficient (Wildman–Crippen LogP) is 2.91. The number of piperidine rings is 1. The number of hydrogen-bond donors (Lipinski definition) is 1. The summed E-state index contributed by atoms with van der Waals surface area (Å²) in [7, 11) is 1.57. The normalized spacial score (nSPS) is 18.4. The van der Waals surface area contributed by atoms with E-state index in [1.54, 1.807) is 13.2 Å². The van der Waals surface area contributed by atoms with Gasteiger partial charge < -0.3 is 9.84 Å². The lowest BCUT2D eigenvalue weighted by Gasteiger charge is -2.38. The molecule has 0 radical (unpaired) electrons. The lowest BCUT2D eigenvalue weighted by molar-refractivity contribution is -0.152. The van der Waals surface area contributed by atoms with E-state index in [2.05, 4.69) is 4.90 Å². The summed E-state index contributed by atoms with van der Waals surface area (Å²) in [6, 6.07) is 4.49. The Bertz CT molecular complexity index is 510. The van der Waals surface area contributed by atoms with Gasteiger partial charge in [-0.3, -0.25) is 9.69 Å². The van der Waals surface area contributed by atoms with Crippen LogP contribution in [0.1, 0.15) is 31.7 Å². The molecule has 4 nitrogen and oxygen atoms in total. The Morgan fingerprint density at radius 1 is 1.43 bits per heavy atom. The molecular weight excluding hydrogens is 273 g/mol. The van der Waals surface area contributed by atoms with Gasteiger partial charge in [-0.25, -0.2) is 4.39 Å². The van der Waals surface area contributed by atoms with Crippen molar-refractivity contribution in [1.82, 2.24) is 4.90 Å². The number of carbonyl (C=O) groups is 1. The largest absolute Gasteiger partial charge is 0.496 e. The molecule has 1 fully saturated rings. The van der Waals surface area contributed by atoms with Crippen LogP contribution < -0.4 is 4.74 Å². The molecule has 0 saturated carbocycles. The molecule has 0 amide bonds. The number of ether oxygens (including phenoxy) is 1. The zero-order valence-corrected chi connectivity index (χ0v) is 12.6. The Morgan fingerprint density at radius 3 is 2.62 bits per heavy atom. The highest BCUT2D eigenvalue weighted by atomic mass is 19.1. The van der Waals surface area contributed by atoms with Crippen molar-refractivity contribution in [3.63, 3.8) is 0 Å².